The summed E-state index contributed by atoms with van der Waals surface area (Å²) in [5, 5.41) is 8.07. The normalized spacial score (nSPS) is 14.6. The van der Waals surface area contributed by atoms with Gasteiger partial charge in [0.25, 0.3) is 5.91 Å². The van der Waals surface area contributed by atoms with Crippen LogP contribution in [0.5, 0.6) is 0 Å². The minimum Gasteiger partial charge on any atom is -0.371 e. The van der Waals surface area contributed by atoms with Gasteiger partial charge in [-0.25, -0.2) is 0 Å². The van der Waals surface area contributed by atoms with Crippen LogP contribution in [0, 0.1) is 0 Å². The highest BCUT2D eigenvalue weighted by molar-refractivity contribution is 7.19. The number of amides is 1. The lowest BCUT2D eigenvalue weighted by molar-refractivity contribution is 0.102. The number of pyridine rings is 1. The van der Waals surface area contributed by atoms with Gasteiger partial charge in [-0.1, -0.05) is 24.3 Å². The first-order valence-electron chi connectivity index (χ1n) is 11.0. The third kappa shape index (κ3) is 4.82. The molecule has 1 saturated heterocycles. The Balaban J connectivity index is 1.14. The SMILES string of the molecule is O=C(Nc1cccc(N2CCC(NCc3cc4ccccc4s3)CC2)c1)c1ccncc1. The first-order chi connectivity index (χ1) is 15.7. The summed E-state index contributed by atoms with van der Waals surface area (Å²) >= 11 is 1.88. The number of nitrogens with zero attached hydrogens (tertiary/aromatic N) is 2. The van der Waals surface area contributed by atoms with E-state index in [-0.39, 0.29) is 5.91 Å². The van der Waals surface area contributed by atoms with Gasteiger partial charge in [-0.15, -0.1) is 11.3 Å². The Labute approximate surface area is 192 Å². The maximum absolute atomic E-state index is 12.4. The summed E-state index contributed by atoms with van der Waals surface area (Å²) in [4.78, 5) is 20.2. The monoisotopic (exact) mass is 442 g/mol. The van der Waals surface area contributed by atoms with E-state index < -0.39 is 0 Å². The Morgan fingerprint density at radius 2 is 1.81 bits per heavy atom. The van der Waals surface area contributed by atoms with Gasteiger partial charge in [0.15, 0.2) is 0 Å². The summed E-state index contributed by atoms with van der Waals surface area (Å²) in [5.74, 6) is -0.117. The fourth-order valence-corrected chi connectivity index (χ4v) is 5.21. The number of benzene rings is 2. The standard InChI is InChI=1S/C26H26N4OS/c31-26(19-8-12-27-13-9-19)29-22-5-3-6-23(17-22)30-14-10-21(11-15-30)28-18-24-16-20-4-1-2-7-25(20)32-24/h1-9,12-13,16-17,21,28H,10-11,14-15,18H2,(H,29,31). The van der Waals surface area contributed by atoms with Gasteiger partial charge in [0.1, 0.15) is 0 Å². The van der Waals surface area contributed by atoms with Crippen LogP contribution in [0.1, 0.15) is 28.1 Å². The van der Waals surface area contributed by atoms with Crippen molar-refractivity contribution < 1.29 is 4.79 Å². The maximum Gasteiger partial charge on any atom is 0.255 e. The number of piperidine rings is 1. The Bertz CT molecular complexity index is 1170. The molecule has 0 aliphatic carbocycles. The van der Waals surface area contributed by atoms with Crippen LogP contribution in [0.2, 0.25) is 0 Å². The van der Waals surface area contributed by atoms with Crippen molar-refractivity contribution >= 4 is 38.7 Å². The molecule has 1 amide bonds. The zero-order chi connectivity index (χ0) is 21.8. The van der Waals surface area contributed by atoms with E-state index in [1.807, 2.05) is 23.5 Å². The fourth-order valence-electron chi connectivity index (χ4n) is 4.20. The van der Waals surface area contributed by atoms with Gasteiger partial charge >= 0.3 is 0 Å². The highest BCUT2D eigenvalue weighted by Gasteiger charge is 2.19. The average Bonchev–Trinajstić information content (AvgIpc) is 3.27. The molecule has 0 radical (unpaired) electrons. The number of nitrogens with one attached hydrogen (secondary N) is 2. The second-order valence-corrected chi connectivity index (χ2v) is 9.30. The molecule has 0 atom stereocenters. The smallest absolute Gasteiger partial charge is 0.255 e. The number of carbonyl (C=O) groups is 1. The minimum atomic E-state index is -0.117. The van der Waals surface area contributed by atoms with Crippen molar-refractivity contribution in [3.63, 3.8) is 0 Å². The fraction of sp³-hybridized carbons (Fsp3) is 0.231. The van der Waals surface area contributed by atoms with E-state index in [2.05, 4.69) is 63.0 Å². The summed E-state index contributed by atoms with van der Waals surface area (Å²) in [6, 6.07) is 23.0. The molecule has 0 unspecified atom stereocenters. The molecule has 162 valence electrons. The van der Waals surface area contributed by atoms with E-state index in [4.69, 9.17) is 0 Å². The molecular weight excluding hydrogens is 416 g/mol. The largest absolute Gasteiger partial charge is 0.371 e. The van der Waals surface area contributed by atoms with Crippen LogP contribution in [0.25, 0.3) is 10.1 Å². The molecule has 5 rings (SSSR count). The molecule has 0 saturated carbocycles. The Hall–Kier alpha value is -3.22. The number of thiophene rings is 1. The van der Waals surface area contributed by atoms with Crippen molar-refractivity contribution in [3.8, 4) is 0 Å². The molecule has 2 aromatic carbocycles. The van der Waals surface area contributed by atoms with Crippen LogP contribution in [-0.2, 0) is 6.54 Å². The molecule has 1 fully saturated rings. The third-order valence-corrected chi connectivity index (χ3v) is 7.06. The van der Waals surface area contributed by atoms with Gasteiger partial charge in [0.2, 0.25) is 0 Å². The second kappa shape index (κ2) is 9.51. The van der Waals surface area contributed by atoms with Crippen molar-refractivity contribution in [3.05, 3.63) is 89.6 Å². The molecular formula is C26H26N4OS. The lowest BCUT2D eigenvalue weighted by Gasteiger charge is -2.34. The summed E-state index contributed by atoms with van der Waals surface area (Å²) in [7, 11) is 0. The molecule has 3 heterocycles. The average molecular weight is 443 g/mol. The van der Waals surface area contributed by atoms with E-state index in [9.17, 15) is 4.79 Å². The van der Waals surface area contributed by atoms with Crippen LogP contribution >= 0.6 is 11.3 Å². The zero-order valence-electron chi connectivity index (χ0n) is 17.8. The Morgan fingerprint density at radius 1 is 1.00 bits per heavy atom. The van der Waals surface area contributed by atoms with E-state index in [0.717, 1.165) is 43.9 Å². The molecule has 2 aromatic heterocycles. The first-order valence-corrected chi connectivity index (χ1v) is 11.8. The molecule has 0 spiro atoms. The van der Waals surface area contributed by atoms with Crippen LogP contribution < -0.4 is 15.5 Å². The predicted octanol–water partition coefficient (Wildman–Crippen LogP) is 5.31. The minimum absolute atomic E-state index is 0.117. The highest BCUT2D eigenvalue weighted by atomic mass is 32.1. The molecule has 1 aliphatic rings. The topological polar surface area (TPSA) is 57.3 Å². The first kappa shape index (κ1) is 20.7. The number of rotatable bonds is 6. The van der Waals surface area contributed by atoms with Crippen molar-refractivity contribution in [2.75, 3.05) is 23.3 Å². The predicted molar refractivity (Wildman–Crippen MR) is 133 cm³/mol. The Morgan fingerprint density at radius 3 is 2.62 bits per heavy atom. The number of carbonyl (C=O) groups excluding carboxylic acids is 1. The van der Waals surface area contributed by atoms with Gasteiger partial charge in [0, 0.05) is 64.6 Å². The summed E-state index contributed by atoms with van der Waals surface area (Å²) in [5.41, 5.74) is 2.57. The van der Waals surface area contributed by atoms with Gasteiger partial charge in [0.05, 0.1) is 0 Å². The molecule has 5 nitrogen and oxygen atoms in total. The van der Waals surface area contributed by atoms with Crippen molar-refractivity contribution in [2.24, 2.45) is 0 Å². The van der Waals surface area contributed by atoms with Crippen molar-refractivity contribution in [2.45, 2.75) is 25.4 Å². The van der Waals surface area contributed by atoms with Crippen LogP contribution in [0.3, 0.4) is 0 Å². The molecule has 32 heavy (non-hydrogen) atoms. The van der Waals surface area contributed by atoms with Crippen LogP contribution in [0.15, 0.2) is 79.1 Å². The van der Waals surface area contributed by atoms with E-state index in [1.165, 1.54) is 15.0 Å². The Kier molecular flexibility index (Phi) is 6.14. The zero-order valence-corrected chi connectivity index (χ0v) is 18.6. The number of fused-ring (bicyclic) bond motifs is 1. The van der Waals surface area contributed by atoms with Gasteiger partial charge in [-0.05, 0) is 60.7 Å². The number of aromatic nitrogens is 1. The van der Waals surface area contributed by atoms with E-state index in [0.29, 0.717) is 11.6 Å². The van der Waals surface area contributed by atoms with Crippen LogP contribution in [-0.4, -0.2) is 30.0 Å². The summed E-state index contributed by atoms with van der Waals surface area (Å²) in [6.45, 7) is 2.94. The maximum atomic E-state index is 12.4. The van der Waals surface area contributed by atoms with Crippen LogP contribution in [0.4, 0.5) is 11.4 Å². The van der Waals surface area contributed by atoms with Gasteiger partial charge < -0.3 is 15.5 Å². The van der Waals surface area contributed by atoms with Gasteiger partial charge in [-0.3, -0.25) is 9.78 Å². The number of hydrogen-bond acceptors (Lipinski definition) is 5. The third-order valence-electron chi connectivity index (χ3n) is 5.95. The summed E-state index contributed by atoms with van der Waals surface area (Å²) in [6.07, 6.45) is 5.48. The molecule has 1 aliphatic heterocycles. The van der Waals surface area contributed by atoms with Crippen molar-refractivity contribution in [1.29, 1.82) is 0 Å². The molecule has 6 heteroatoms. The van der Waals surface area contributed by atoms with Gasteiger partial charge in [-0.2, -0.15) is 0 Å². The highest BCUT2D eigenvalue weighted by Crippen LogP contribution is 2.26. The van der Waals surface area contributed by atoms with E-state index in [1.54, 1.807) is 24.5 Å². The lowest BCUT2D eigenvalue weighted by atomic mass is 10.0. The second-order valence-electron chi connectivity index (χ2n) is 8.13. The van der Waals surface area contributed by atoms with E-state index >= 15 is 0 Å². The molecule has 2 N–H and O–H groups in total. The molecule has 4 aromatic rings. The number of hydrogen-bond donors (Lipinski definition) is 2. The number of anilines is 2. The summed E-state index contributed by atoms with van der Waals surface area (Å²) < 4.78 is 1.36. The molecule has 0 bridgehead atoms. The quantitative estimate of drug-likeness (QED) is 0.425. The van der Waals surface area contributed by atoms with Crippen molar-refractivity contribution in [1.82, 2.24) is 10.3 Å². The lowest BCUT2D eigenvalue weighted by Crippen LogP contribution is -2.42.